The molecule has 0 atom stereocenters. The van der Waals surface area contributed by atoms with Crippen LogP contribution in [0.15, 0.2) is 41.1 Å². The average Bonchev–Trinajstić information content (AvgIpc) is 3.13. The number of carbonyl (C=O) groups is 1. The summed E-state index contributed by atoms with van der Waals surface area (Å²) in [4.78, 5) is 16.8. The van der Waals surface area contributed by atoms with E-state index in [0.717, 1.165) is 21.4 Å². The number of aromatic nitrogens is 4. The van der Waals surface area contributed by atoms with Crippen LogP contribution >= 0.6 is 15.9 Å². The minimum absolute atomic E-state index is 0.189. The van der Waals surface area contributed by atoms with Gasteiger partial charge in [-0.1, -0.05) is 28.1 Å². The molecule has 1 N–H and O–H groups in total. The fourth-order valence-electron chi connectivity index (χ4n) is 3.18. The molecule has 0 saturated heterocycles. The number of anilines is 1. The molecule has 0 spiro atoms. The zero-order valence-corrected chi connectivity index (χ0v) is 16.9. The molecule has 0 bridgehead atoms. The number of nitrogens with one attached hydrogen (secondary N) is 1. The van der Waals surface area contributed by atoms with E-state index in [1.807, 2.05) is 44.2 Å². The standard InChI is InChI=1S/C19H22BrN5O/c1-12(2)25-13(3)9-17(14(25)4)18(26)22-19-21-11-24(23-19)10-15-5-7-16(20)8-6-15/h5-9,11-12H,10H2,1-4H3,(H,22,23,26). The third-order valence-corrected chi connectivity index (χ3v) is 4.79. The lowest BCUT2D eigenvalue weighted by atomic mass is 10.2. The van der Waals surface area contributed by atoms with Gasteiger partial charge in [0.15, 0.2) is 0 Å². The minimum atomic E-state index is -0.189. The molecule has 1 amide bonds. The maximum atomic E-state index is 12.6. The van der Waals surface area contributed by atoms with E-state index in [2.05, 4.69) is 49.7 Å². The molecule has 3 aromatic rings. The first-order chi connectivity index (χ1) is 12.3. The van der Waals surface area contributed by atoms with Crippen molar-refractivity contribution in [1.82, 2.24) is 19.3 Å². The predicted molar refractivity (Wildman–Crippen MR) is 106 cm³/mol. The highest BCUT2D eigenvalue weighted by atomic mass is 79.9. The van der Waals surface area contributed by atoms with E-state index < -0.39 is 0 Å². The maximum absolute atomic E-state index is 12.6. The summed E-state index contributed by atoms with van der Waals surface area (Å²) in [6, 6.07) is 10.2. The highest BCUT2D eigenvalue weighted by molar-refractivity contribution is 9.10. The van der Waals surface area contributed by atoms with Gasteiger partial charge in [0.05, 0.1) is 12.1 Å². The number of hydrogen-bond acceptors (Lipinski definition) is 3. The van der Waals surface area contributed by atoms with Crippen LogP contribution in [0, 0.1) is 13.8 Å². The number of carbonyl (C=O) groups excluding carboxylic acids is 1. The van der Waals surface area contributed by atoms with Crippen molar-refractivity contribution in [2.75, 3.05) is 5.32 Å². The van der Waals surface area contributed by atoms with Crippen LogP contribution in [0.25, 0.3) is 0 Å². The van der Waals surface area contributed by atoms with Crippen molar-refractivity contribution < 1.29 is 4.79 Å². The summed E-state index contributed by atoms with van der Waals surface area (Å²) < 4.78 is 4.89. The zero-order valence-electron chi connectivity index (χ0n) is 15.3. The quantitative estimate of drug-likeness (QED) is 0.673. The molecule has 136 valence electrons. The molecule has 6 nitrogen and oxygen atoms in total. The molecule has 2 heterocycles. The molecule has 0 unspecified atom stereocenters. The first-order valence-corrected chi connectivity index (χ1v) is 9.28. The fraction of sp³-hybridized carbons (Fsp3) is 0.316. The van der Waals surface area contributed by atoms with Gasteiger partial charge in [-0.05, 0) is 51.5 Å². The van der Waals surface area contributed by atoms with Crippen LogP contribution in [0.1, 0.15) is 47.2 Å². The molecule has 0 fully saturated rings. The third-order valence-electron chi connectivity index (χ3n) is 4.27. The van der Waals surface area contributed by atoms with Crippen molar-refractivity contribution in [2.45, 2.75) is 40.3 Å². The Bertz CT molecular complexity index is 924. The van der Waals surface area contributed by atoms with Gasteiger partial charge in [0, 0.05) is 21.9 Å². The summed E-state index contributed by atoms with van der Waals surface area (Å²) in [5.41, 5.74) is 3.78. The van der Waals surface area contributed by atoms with E-state index in [1.165, 1.54) is 0 Å². The van der Waals surface area contributed by atoms with Crippen molar-refractivity contribution in [3.63, 3.8) is 0 Å². The molecule has 0 aliphatic rings. The fourth-order valence-corrected chi connectivity index (χ4v) is 3.44. The number of hydrogen-bond donors (Lipinski definition) is 1. The van der Waals surface area contributed by atoms with Crippen molar-refractivity contribution in [1.29, 1.82) is 0 Å². The summed E-state index contributed by atoms with van der Waals surface area (Å²) in [5, 5.41) is 7.13. The SMILES string of the molecule is Cc1cc(C(=O)Nc2ncn(Cc3ccc(Br)cc3)n2)c(C)n1C(C)C. The minimum Gasteiger partial charge on any atom is -0.346 e. The average molecular weight is 416 g/mol. The molecule has 1 aromatic carbocycles. The maximum Gasteiger partial charge on any atom is 0.259 e. The Kier molecular flexibility index (Phi) is 5.27. The highest BCUT2D eigenvalue weighted by Crippen LogP contribution is 2.20. The van der Waals surface area contributed by atoms with Gasteiger partial charge < -0.3 is 4.57 Å². The molecule has 3 rings (SSSR count). The molecule has 7 heteroatoms. The lowest BCUT2D eigenvalue weighted by Crippen LogP contribution is -2.15. The lowest BCUT2D eigenvalue weighted by Gasteiger charge is -2.13. The normalized spacial score (nSPS) is 11.2. The zero-order chi connectivity index (χ0) is 18.8. The second kappa shape index (κ2) is 7.45. The Morgan fingerprint density at radius 1 is 1.23 bits per heavy atom. The molecule has 0 radical (unpaired) electrons. The van der Waals surface area contributed by atoms with Gasteiger partial charge in [-0.25, -0.2) is 9.67 Å². The van der Waals surface area contributed by atoms with Crippen molar-refractivity contribution in [2.24, 2.45) is 0 Å². The second-order valence-corrected chi connectivity index (χ2v) is 7.51. The van der Waals surface area contributed by atoms with E-state index in [1.54, 1.807) is 11.0 Å². The predicted octanol–water partition coefficient (Wildman–Crippen LogP) is 4.34. The van der Waals surface area contributed by atoms with Gasteiger partial charge in [0.2, 0.25) is 5.95 Å². The van der Waals surface area contributed by atoms with E-state index in [-0.39, 0.29) is 5.91 Å². The topological polar surface area (TPSA) is 64.7 Å². The van der Waals surface area contributed by atoms with Crippen molar-refractivity contribution >= 4 is 27.8 Å². The first kappa shape index (κ1) is 18.4. The van der Waals surface area contributed by atoms with Gasteiger partial charge in [0.1, 0.15) is 6.33 Å². The Morgan fingerprint density at radius 3 is 2.54 bits per heavy atom. The molecule has 0 aliphatic carbocycles. The van der Waals surface area contributed by atoms with Gasteiger partial charge in [0.25, 0.3) is 5.91 Å². The van der Waals surface area contributed by atoms with Crippen LogP contribution in [-0.2, 0) is 6.54 Å². The Balaban J connectivity index is 1.72. The van der Waals surface area contributed by atoms with Crippen LogP contribution in [-0.4, -0.2) is 25.2 Å². The van der Waals surface area contributed by atoms with E-state index in [4.69, 9.17) is 0 Å². The Morgan fingerprint density at radius 2 is 1.92 bits per heavy atom. The van der Waals surface area contributed by atoms with Gasteiger partial charge in [-0.2, -0.15) is 0 Å². The molecular weight excluding hydrogens is 394 g/mol. The van der Waals surface area contributed by atoms with Crippen LogP contribution in [0.4, 0.5) is 5.95 Å². The summed E-state index contributed by atoms with van der Waals surface area (Å²) in [5.74, 6) is 0.118. The van der Waals surface area contributed by atoms with Crippen LogP contribution < -0.4 is 5.32 Å². The first-order valence-electron chi connectivity index (χ1n) is 8.49. The number of halogens is 1. The second-order valence-electron chi connectivity index (χ2n) is 6.59. The number of amides is 1. The largest absolute Gasteiger partial charge is 0.346 e. The smallest absolute Gasteiger partial charge is 0.259 e. The lowest BCUT2D eigenvalue weighted by molar-refractivity contribution is 0.102. The van der Waals surface area contributed by atoms with Crippen LogP contribution in [0.2, 0.25) is 0 Å². The van der Waals surface area contributed by atoms with E-state index in [9.17, 15) is 4.79 Å². The van der Waals surface area contributed by atoms with Crippen LogP contribution in [0.3, 0.4) is 0 Å². The van der Waals surface area contributed by atoms with Crippen molar-refractivity contribution in [3.05, 3.63) is 63.6 Å². The number of nitrogens with zero attached hydrogens (tertiary/aromatic N) is 4. The third kappa shape index (κ3) is 3.88. The van der Waals surface area contributed by atoms with E-state index in [0.29, 0.717) is 24.1 Å². The summed E-state index contributed by atoms with van der Waals surface area (Å²) >= 11 is 3.42. The van der Waals surface area contributed by atoms with Gasteiger partial charge in [-0.3, -0.25) is 10.1 Å². The molecule has 0 saturated carbocycles. The number of aryl methyl sites for hydroxylation is 1. The Labute approximate surface area is 161 Å². The summed E-state index contributed by atoms with van der Waals surface area (Å²) in [6.45, 7) is 8.77. The monoisotopic (exact) mass is 415 g/mol. The summed E-state index contributed by atoms with van der Waals surface area (Å²) in [7, 11) is 0. The Hall–Kier alpha value is -2.41. The van der Waals surface area contributed by atoms with Crippen molar-refractivity contribution in [3.8, 4) is 0 Å². The molecule has 26 heavy (non-hydrogen) atoms. The molecular formula is C19H22BrN5O. The van der Waals surface area contributed by atoms with E-state index >= 15 is 0 Å². The van der Waals surface area contributed by atoms with Crippen LogP contribution in [0.5, 0.6) is 0 Å². The molecule has 0 aliphatic heterocycles. The number of rotatable bonds is 5. The molecule has 2 aromatic heterocycles. The van der Waals surface area contributed by atoms with Gasteiger partial charge >= 0.3 is 0 Å². The van der Waals surface area contributed by atoms with Gasteiger partial charge in [-0.15, -0.1) is 5.10 Å². The highest BCUT2D eigenvalue weighted by Gasteiger charge is 2.18. The number of benzene rings is 1. The summed E-state index contributed by atoms with van der Waals surface area (Å²) in [6.07, 6.45) is 1.62.